The van der Waals surface area contributed by atoms with E-state index < -0.39 is 0 Å². The van der Waals surface area contributed by atoms with Crippen molar-refractivity contribution in [2.24, 2.45) is 0 Å². The van der Waals surface area contributed by atoms with Crippen LogP contribution in [-0.4, -0.2) is 0 Å². The lowest BCUT2D eigenvalue weighted by Gasteiger charge is -2.12. The Bertz CT molecular complexity index is 599. The first kappa shape index (κ1) is 12.9. The first-order chi connectivity index (χ1) is 8.47. The van der Waals surface area contributed by atoms with Gasteiger partial charge < -0.3 is 10.5 Å². The van der Waals surface area contributed by atoms with Gasteiger partial charge in [0.1, 0.15) is 17.3 Å². The minimum Gasteiger partial charge on any atom is -0.456 e. The maximum absolute atomic E-state index is 13.0. The molecule has 0 bridgehead atoms. The van der Waals surface area contributed by atoms with E-state index >= 15 is 0 Å². The lowest BCUT2D eigenvalue weighted by molar-refractivity contribution is 0.473. The third kappa shape index (κ3) is 2.64. The Morgan fingerprint density at radius 3 is 2.44 bits per heavy atom. The summed E-state index contributed by atoms with van der Waals surface area (Å²) >= 11 is 3.40. The SMILES string of the molecule is Cc1cc(Oc2ccc(F)cc2C)c(Br)cc1N. The minimum absolute atomic E-state index is 0.271. The number of aryl methyl sites for hydroxylation is 2. The molecule has 2 N–H and O–H groups in total. The van der Waals surface area contributed by atoms with Gasteiger partial charge in [-0.1, -0.05) is 0 Å². The molecule has 94 valence electrons. The van der Waals surface area contributed by atoms with Crippen molar-refractivity contribution in [3.05, 3.63) is 51.7 Å². The molecule has 4 heteroatoms. The van der Waals surface area contributed by atoms with Crippen LogP contribution >= 0.6 is 15.9 Å². The molecule has 0 heterocycles. The number of hydrogen-bond donors (Lipinski definition) is 1. The number of ether oxygens (including phenoxy) is 1. The predicted molar refractivity (Wildman–Crippen MR) is 74.5 cm³/mol. The lowest BCUT2D eigenvalue weighted by Crippen LogP contribution is -1.94. The van der Waals surface area contributed by atoms with Crippen LogP contribution in [0.1, 0.15) is 11.1 Å². The average molecular weight is 310 g/mol. The smallest absolute Gasteiger partial charge is 0.142 e. The summed E-state index contributed by atoms with van der Waals surface area (Å²) in [6.07, 6.45) is 0. The van der Waals surface area contributed by atoms with Crippen molar-refractivity contribution in [3.8, 4) is 11.5 Å². The normalized spacial score (nSPS) is 10.4. The van der Waals surface area contributed by atoms with Gasteiger partial charge in [0.05, 0.1) is 4.47 Å². The molecule has 2 nitrogen and oxygen atoms in total. The monoisotopic (exact) mass is 309 g/mol. The van der Waals surface area contributed by atoms with Crippen LogP contribution in [0.4, 0.5) is 10.1 Å². The highest BCUT2D eigenvalue weighted by atomic mass is 79.9. The van der Waals surface area contributed by atoms with Crippen molar-refractivity contribution in [1.29, 1.82) is 0 Å². The second kappa shape index (κ2) is 4.98. The van der Waals surface area contributed by atoms with Gasteiger partial charge >= 0.3 is 0 Å². The summed E-state index contributed by atoms with van der Waals surface area (Å²) in [4.78, 5) is 0. The lowest BCUT2D eigenvalue weighted by atomic mass is 10.2. The highest BCUT2D eigenvalue weighted by Gasteiger charge is 2.08. The molecule has 2 rings (SSSR count). The summed E-state index contributed by atoms with van der Waals surface area (Å²) in [5.41, 5.74) is 8.18. The van der Waals surface area contributed by atoms with Gasteiger partial charge in [0.15, 0.2) is 0 Å². The summed E-state index contributed by atoms with van der Waals surface area (Å²) in [7, 11) is 0. The molecule has 0 aromatic heterocycles. The fourth-order valence-corrected chi connectivity index (χ4v) is 2.04. The number of hydrogen-bond acceptors (Lipinski definition) is 2. The number of benzene rings is 2. The molecule has 18 heavy (non-hydrogen) atoms. The van der Waals surface area contributed by atoms with Crippen LogP contribution in [0.5, 0.6) is 11.5 Å². The second-order valence-electron chi connectivity index (χ2n) is 4.15. The molecule has 2 aromatic rings. The van der Waals surface area contributed by atoms with E-state index in [1.807, 2.05) is 13.0 Å². The van der Waals surface area contributed by atoms with E-state index in [-0.39, 0.29) is 5.82 Å². The van der Waals surface area contributed by atoms with Gasteiger partial charge in [-0.3, -0.25) is 0 Å². The maximum Gasteiger partial charge on any atom is 0.142 e. The zero-order chi connectivity index (χ0) is 13.3. The van der Waals surface area contributed by atoms with Crippen LogP contribution in [-0.2, 0) is 0 Å². The van der Waals surface area contributed by atoms with Crippen molar-refractivity contribution >= 4 is 21.6 Å². The fourth-order valence-electron chi connectivity index (χ4n) is 1.59. The topological polar surface area (TPSA) is 35.2 Å². The molecule has 0 atom stereocenters. The number of nitrogens with two attached hydrogens (primary N) is 1. The molecule has 0 radical (unpaired) electrons. The van der Waals surface area contributed by atoms with E-state index in [1.165, 1.54) is 12.1 Å². The molecule has 0 amide bonds. The molecule has 0 saturated carbocycles. The summed E-state index contributed by atoms with van der Waals surface area (Å²) in [5.74, 6) is 1.02. The Morgan fingerprint density at radius 1 is 1.06 bits per heavy atom. The largest absolute Gasteiger partial charge is 0.456 e. The van der Waals surface area contributed by atoms with E-state index in [2.05, 4.69) is 15.9 Å². The van der Waals surface area contributed by atoms with Crippen LogP contribution in [0.15, 0.2) is 34.8 Å². The van der Waals surface area contributed by atoms with E-state index in [0.717, 1.165) is 15.6 Å². The zero-order valence-electron chi connectivity index (χ0n) is 10.1. The molecule has 0 spiro atoms. The Balaban J connectivity index is 2.37. The first-order valence-electron chi connectivity index (χ1n) is 5.47. The molecule has 2 aromatic carbocycles. The van der Waals surface area contributed by atoms with Crippen molar-refractivity contribution in [1.82, 2.24) is 0 Å². The van der Waals surface area contributed by atoms with E-state index in [4.69, 9.17) is 10.5 Å². The van der Waals surface area contributed by atoms with Gasteiger partial charge in [0.2, 0.25) is 0 Å². The number of nitrogen functional groups attached to an aromatic ring is 1. The van der Waals surface area contributed by atoms with E-state index in [1.54, 1.807) is 19.1 Å². The molecule has 0 aliphatic rings. The van der Waals surface area contributed by atoms with Crippen molar-refractivity contribution < 1.29 is 9.13 Å². The number of anilines is 1. The molecule has 0 saturated heterocycles. The quantitative estimate of drug-likeness (QED) is 0.824. The molecule has 0 fully saturated rings. The Labute approximate surface area is 114 Å². The third-order valence-corrected chi connectivity index (χ3v) is 3.30. The highest BCUT2D eigenvalue weighted by molar-refractivity contribution is 9.10. The van der Waals surface area contributed by atoms with Gasteiger partial charge in [-0.25, -0.2) is 4.39 Å². The predicted octanol–water partition coefficient (Wildman–Crippen LogP) is 4.58. The van der Waals surface area contributed by atoms with Crippen molar-refractivity contribution in [3.63, 3.8) is 0 Å². The molecule has 0 aliphatic carbocycles. The first-order valence-corrected chi connectivity index (χ1v) is 6.26. The van der Waals surface area contributed by atoms with Crippen LogP contribution in [0.3, 0.4) is 0 Å². The molecular weight excluding hydrogens is 297 g/mol. The van der Waals surface area contributed by atoms with Gasteiger partial charge in [-0.05, 0) is 71.2 Å². The van der Waals surface area contributed by atoms with Gasteiger partial charge in [-0.2, -0.15) is 0 Å². The number of halogens is 2. The molecule has 0 aliphatic heterocycles. The summed E-state index contributed by atoms with van der Waals surface area (Å²) in [6.45, 7) is 3.71. The van der Waals surface area contributed by atoms with E-state index in [9.17, 15) is 4.39 Å². The van der Waals surface area contributed by atoms with Crippen LogP contribution in [0.2, 0.25) is 0 Å². The van der Waals surface area contributed by atoms with Crippen molar-refractivity contribution in [2.45, 2.75) is 13.8 Å². The standard InChI is InChI=1S/C14H13BrFNO/c1-8-6-14(11(15)7-12(8)17)18-13-4-3-10(16)5-9(13)2/h3-7H,17H2,1-2H3. The van der Waals surface area contributed by atoms with Crippen LogP contribution < -0.4 is 10.5 Å². The van der Waals surface area contributed by atoms with E-state index in [0.29, 0.717) is 17.2 Å². The van der Waals surface area contributed by atoms with Crippen LogP contribution in [0.25, 0.3) is 0 Å². The Kier molecular flexibility index (Phi) is 3.57. The Morgan fingerprint density at radius 2 is 1.78 bits per heavy atom. The zero-order valence-corrected chi connectivity index (χ0v) is 11.7. The summed E-state index contributed by atoms with van der Waals surface area (Å²) in [5, 5.41) is 0. The van der Waals surface area contributed by atoms with Gasteiger partial charge in [0.25, 0.3) is 0 Å². The van der Waals surface area contributed by atoms with Gasteiger partial charge in [0, 0.05) is 5.69 Å². The summed E-state index contributed by atoms with van der Waals surface area (Å²) in [6, 6.07) is 8.07. The average Bonchev–Trinajstić information content (AvgIpc) is 2.29. The third-order valence-electron chi connectivity index (χ3n) is 2.68. The highest BCUT2D eigenvalue weighted by Crippen LogP contribution is 2.34. The number of rotatable bonds is 2. The van der Waals surface area contributed by atoms with Crippen LogP contribution in [0, 0.1) is 19.7 Å². The molecule has 0 unspecified atom stereocenters. The Hall–Kier alpha value is -1.55. The molecular formula is C14H13BrFNO. The van der Waals surface area contributed by atoms with Crippen molar-refractivity contribution in [2.75, 3.05) is 5.73 Å². The second-order valence-corrected chi connectivity index (χ2v) is 5.01. The minimum atomic E-state index is -0.271. The summed E-state index contributed by atoms with van der Waals surface area (Å²) < 4.78 is 19.5. The fraction of sp³-hybridized carbons (Fsp3) is 0.143. The maximum atomic E-state index is 13.0. The van der Waals surface area contributed by atoms with Gasteiger partial charge in [-0.15, -0.1) is 0 Å².